The number of nitrogens with zero attached hydrogens (tertiary/aromatic N) is 2. The van der Waals surface area contributed by atoms with Crippen LogP contribution in [0.15, 0.2) is 42.5 Å². The summed E-state index contributed by atoms with van der Waals surface area (Å²) in [5, 5.41) is 14.2. The number of carbonyl (C=O) groups is 1. The first-order valence-corrected chi connectivity index (χ1v) is 9.85. The van der Waals surface area contributed by atoms with Gasteiger partial charge in [0.15, 0.2) is 10.9 Å². The zero-order chi connectivity index (χ0) is 22.5. The Bertz CT molecular complexity index is 1100. The van der Waals surface area contributed by atoms with Crippen LogP contribution in [0.4, 0.5) is 19.6 Å². The topological polar surface area (TPSA) is 104 Å². The van der Waals surface area contributed by atoms with Gasteiger partial charge in [-0.25, -0.2) is 4.98 Å². The molecule has 3 rings (SSSR count). The Morgan fingerprint density at radius 3 is 2.58 bits per heavy atom. The second kappa shape index (κ2) is 9.47. The number of halogens is 2. The van der Waals surface area contributed by atoms with Crippen molar-refractivity contribution in [3.8, 4) is 22.8 Å². The normalized spacial score (nSPS) is 10.7. The van der Waals surface area contributed by atoms with Gasteiger partial charge in [-0.2, -0.15) is 8.78 Å². The first-order valence-electron chi connectivity index (χ1n) is 9.03. The highest BCUT2D eigenvalue weighted by molar-refractivity contribution is 7.16. The van der Waals surface area contributed by atoms with Crippen LogP contribution in [0.5, 0.6) is 11.5 Å². The molecule has 0 aliphatic heterocycles. The number of amides is 1. The van der Waals surface area contributed by atoms with Gasteiger partial charge in [0.1, 0.15) is 5.75 Å². The number of ether oxygens (including phenoxy) is 2. The molecule has 0 radical (unpaired) electrons. The molecule has 1 aromatic heterocycles. The van der Waals surface area contributed by atoms with E-state index in [4.69, 9.17) is 4.74 Å². The number of alkyl halides is 2. The van der Waals surface area contributed by atoms with Gasteiger partial charge in [0, 0.05) is 22.1 Å². The van der Waals surface area contributed by atoms with E-state index in [-0.39, 0.29) is 29.4 Å². The summed E-state index contributed by atoms with van der Waals surface area (Å²) < 4.78 is 34.1. The van der Waals surface area contributed by atoms with Crippen molar-refractivity contribution in [3.05, 3.63) is 63.0 Å². The van der Waals surface area contributed by atoms with Crippen molar-refractivity contribution in [1.82, 2.24) is 4.98 Å². The zero-order valence-corrected chi connectivity index (χ0v) is 17.2. The van der Waals surface area contributed by atoms with Crippen LogP contribution < -0.4 is 14.8 Å². The summed E-state index contributed by atoms with van der Waals surface area (Å²) in [6.45, 7) is 0.843. The Kier molecular flexibility index (Phi) is 6.75. The molecule has 0 atom stereocenters. The number of thiazole rings is 1. The molecule has 0 fully saturated rings. The summed E-state index contributed by atoms with van der Waals surface area (Å²) in [6, 6.07) is 9.91. The number of hydrogen-bond acceptors (Lipinski definition) is 7. The molecule has 0 spiro atoms. The van der Waals surface area contributed by atoms with Crippen LogP contribution in [0.25, 0.3) is 11.3 Å². The number of hydrogen-bond donors (Lipinski definition) is 1. The number of benzene rings is 2. The molecule has 0 aliphatic rings. The lowest BCUT2D eigenvalue weighted by Crippen LogP contribution is -2.12. The van der Waals surface area contributed by atoms with Gasteiger partial charge in [0.25, 0.3) is 5.91 Å². The third kappa shape index (κ3) is 5.31. The van der Waals surface area contributed by atoms with Crippen molar-refractivity contribution in [2.45, 2.75) is 20.5 Å². The summed E-state index contributed by atoms with van der Waals surface area (Å²) in [5.74, 6) is -0.458. The number of nitro groups is 1. The van der Waals surface area contributed by atoms with Crippen molar-refractivity contribution in [2.24, 2.45) is 0 Å². The van der Waals surface area contributed by atoms with Crippen molar-refractivity contribution >= 4 is 28.1 Å². The third-order valence-electron chi connectivity index (χ3n) is 4.09. The van der Waals surface area contributed by atoms with E-state index >= 15 is 0 Å². The predicted molar refractivity (Wildman–Crippen MR) is 111 cm³/mol. The fourth-order valence-corrected chi connectivity index (χ4v) is 3.59. The minimum absolute atomic E-state index is 0.0252. The first kappa shape index (κ1) is 22.1. The van der Waals surface area contributed by atoms with Crippen LogP contribution in [0.2, 0.25) is 0 Å². The fraction of sp³-hybridized carbons (Fsp3) is 0.200. The van der Waals surface area contributed by atoms with Crippen LogP contribution in [-0.2, 0) is 0 Å². The van der Waals surface area contributed by atoms with Gasteiger partial charge in [-0.1, -0.05) is 0 Å². The van der Waals surface area contributed by atoms with Gasteiger partial charge in [-0.15, -0.1) is 11.3 Å². The van der Waals surface area contributed by atoms with Crippen LogP contribution in [0, 0.1) is 17.0 Å². The van der Waals surface area contributed by atoms with E-state index in [1.54, 1.807) is 26.0 Å². The average molecular weight is 449 g/mol. The summed E-state index contributed by atoms with van der Waals surface area (Å²) in [5.41, 5.74) is 1.00. The van der Waals surface area contributed by atoms with Crippen LogP contribution in [0.1, 0.15) is 22.2 Å². The van der Waals surface area contributed by atoms with E-state index in [0.717, 1.165) is 10.9 Å². The lowest BCUT2D eigenvalue weighted by atomic mass is 10.1. The number of aromatic nitrogens is 1. The molecule has 1 heterocycles. The predicted octanol–water partition coefficient (Wildman–Crippen LogP) is 5.28. The Morgan fingerprint density at radius 1 is 1.26 bits per heavy atom. The van der Waals surface area contributed by atoms with Gasteiger partial charge in [0.05, 0.1) is 17.2 Å². The van der Waals surface area contributed by atoms with E-state index in [1.807, 2.05) is 0 Å². The van der Waals surface area contributed by atoms with Crippen molar-refractivity contribution in [1.29, 1.82) is 0 Å². The Labute approximate surface area is 179 Å². The minimum Gasteiger partial charge on any atom is -0.487 e. The van der Waals surface area contributed by atoms with Crippen molar-refractivity contribution in [3.63, 3.8) is 0 Å². The van der Waals surface area contributed by atoms with Gasteiger partial charge in [-0.05, 0) is 50.2 Å². The van der Waals surface area contributed by atoms with Crippen LogP contribution in [-0.4, -0.2) is 29.0 Å². The summed E-state index contributed by atoms with van der Waals surface area (Å²) in [6.07, 6.45) is 0. The van der Waals surface area contributed by atoms with E-state index in [2.05, 4.69) is 15.0 Å². The van der Waals surface area contributed by atoms with Gasteiger partial charge in [-0.3, -0.25) is 20.2 Å². The minimum atomic E-state index is -2.91. The Morgan fingerprint density at radius 2 is 1.97 bits per heavy atom. The van der Waals surface area contributed by atoms with E-state index < -0.39 is 17.4 Å². The lowest BCUT2D eigenvalue weighted by Gasteiger charge is -2.06. The monoisotopic (exact) mass is 449 g/mol. The molecule has 0 saturated carbocycles. The standard InChI is InChI=1S/C20H17F2N3O5S/c1-3-29-16-9-6-13(10-15(16)25(27)28)18(26)24-20-23-17(11(2)31-20)12-4-7-14(8-5-12)30-19(21)22/h4-10,19H,3H2,1-2H3,(H,23,24,26). The van der Waals surface area contributed by atoms with Crippen molar-refractivity contribution in [2.75, 3.05) is 11.9 Å². The highest BCUT2D eigenvalue weighted by atomic mass is 32.1. The molecule has 31 heavy (non-hydrogen) atoms. The molecule has 8 nitrogen and oxygen atoms in total. The molecule has 3 aromatic rings. The first-order chi connectivity index (χ1) is 14.8. The molecule has 11 heteroatoms. The number of anilines is 1. The van der Waals surface area contributed by atoms with E-state index in [0.29, 0.717) is 16.4 Å². The van der Waals surface area contributed by atoms with Gasteiger partial charge in [0.2, 0.25) is 0 Å². The highest BCUT2D eigenvalue weighted by Crippen LogP contribution is 2.32. The second-order valence-electron chi connectivity index (χ2n) is 6.15. The Hall–Kier alpha value is -3.60. The number of nitro benzene ring substituents is 1. The summed E-state index contributed by atoms with van der Waals surface area (Å²) >= 11 is 1.22. The molecule has 0 aliphatic carbocycles. The van der Waals surface area contributed by atoms with E-state index in [9.17, 15) is 23.7 Å². The van der Waals surface area contributed by atoms with Crippen LogP contribution >= 0.6 is 11.3 Å². The van der Waals surface area contributed by atoms with E-state index in [1.165, 1.54) is 35.6 Å². The molecule has 0 unspecified atom stereocenters. The summed E-state index contributed by atoms with van der Waals surface area (Å²) in [4.78, 5) is 28.4. The maximum Gasteiger partial charge on any atom is 0.387 e. The number of rotatable bonds is 8. The maximum absolute atomic E-state index is 12.6. The largest absolute Gasteiger partial charge is 0.487 e. The Balaban J connectivity index is 1.79. The highest BCUT2D eigenvalue weighted by Gasteiger charge is 2.20. The zero-order valence-electron chi connectivity index (χ0n) is 16.4. The molecule has 1 N–H and O–H groups in total. The van der Waals surface area contributed by atoms with Crippen LogP contribution in [0.3, 0.4) is 0 Å². The lowest BCUT2D eigenvalue weighted by molar-refractivity contribution is -0.385. The molecule has 1 amide bonds. The van der Waals surface area contributed by atoms with Gasteiger partial charge >= 0.3 is 12.3 Å². The number of aryl methyl sites for hydroxylation is 1. The van der Waals surface area contributed by atoms with Crippen molar-refractivity contribution < 1.29 is 28.0 Å². The molecule has 162 valence electrons. The molecular formula is C20H17F2N3O5S. The third-order valence-corrected chi connectivity index (χ3v) is 4.97. The second-order valence-corrected chi connectivity index (χ2v) is 7.36. The number of carbonyl (C=O) groups excluding carboxylic acids is 1. The molecule has 0 bridgehead atoms. The SMILES string of the molecule is CCOc1ccc(C(=O)Nc2nc(-c3ccc(OC(F)F)cc3)c(C)s2)cc1[N+](=O)[O-]. The molecule has 2 aromatic carbocycles. The van der Waals surface area contributed by atoms with Gasteiger partial charge < -0.3 is 9.47 Å². The quantitative estimate of drug-likeness (QED) is 0.371. The molecular weight excluding hydrogens is 432 g/mol. The molecule has 0 saturated heterocycles. The number of nitrogens with one attached hydrogen (secondary N) is 1. The summed E-state index contributed by atoms with van der Waals surface area (Å²) in [7, 11) is 0. The smallest absolute Gasteiger partial charge is 0.387 e. The maximum atomic E-state index is 12.6. The average Bonchev–Trinajstić information content (AvgIpc) is 3.08. The fourth-order valence-electron chi connectivity index (χ4n) is 2.76.